The number of unbranched alkanes of at least 4 members (excludes halogenated alkanes) is 17. The number of rotatable bonds is 37. The summed E-state index contributed by atoms with van der Waals surface area (Å²) in [4.78, 5) is 24.7. The van der Waals surface area contributed by atoms with E-state index < -0.39 is 13.9 Å². The number of allylic oxidation sites excluding steroid dienone is 7. The number of quaternary nitrogens is 1. The van der Waals surface area contributed by atoms with E-state index in [0.717, 1.165) is 44.9 Å². The predicted molar refractivity (Wildman–Crippen MR) is 212 cm³/mol. The second-order valence-corrected chi connectivity index (χ2v) is 16.1. The zero-order chi connectivity index (χ0) is 37.7. The van der Waals surface area contributed by atoms with Crippen molar-refractivity contribution in [1.29, 1.82) is 0 Å². The van der Waals surface area contributed by atoms with Crippen LogP contribution in [0.15, 0.2) is 48.8 Å². The first-order valence-electron chi connectivity index (χ1n) is 20.4. The Kier molecular flexibility index (Phi) is 34.2. The smallest absolute Gasteiger partial charge is 0.305 e. The van der Waals surface area contributed by atoms with Crippen LogP contribution < -0.4 is 4.89 Å². The molecule has 0 fully saturated rings. The maximum Gasteiger partial charge on any atom is 0.305 e. The van der Waals surface area contributed by atoms with Gasteiger partial charge in [0, 0.05) is 6.42 Å². The second kappa shape index (κ2) is 35.3. The molecule has 0 amide bonds. The number of hydrogen-bond donors (Lipinski definition) is 0. The molecule has 0 aliphatic rings. The van der Waals surface area contributed by atoms with Gasteiger partial charge < -0.3 is 27.9 Å². The second-order valence-electron chi connectivity index (χ2n) is 14.7. The molecule has 0 rings (SSSR count). The maximum atomic E-state index is 12.4. The van der Waals surface area contributed by atoms with Crippen LogP contribution in [0.3, 0.4) is 0 Å². The summed E-state index contributed by atoms with van der Waals surface area (Å²) < 4.78 is 34.2. The molecule has 0 aromatic heterocycles. The normalized spacial score (nSPS) is 14.3. The van der Waals surface area contributed by atoms with E-state index >= 15 is 0 Å². The van der Waals surface area contributed by atoms with Gasteiger partial charge in [-0.05, 0) is 63.9 Å². The van der Waals surface area contributed by atoms with Crippen LogP contribution in [-0.4, -0.2) is 64.1 Å². The van der Waals surface area contributed by atoms with Gasteiger partial charge in [0.05, 0.1) is 34.0 Å². The third kappa shape index (κ3) is 39.3. The minimum absolute atomic E-state index is 0.0203. The summed E-state index contributed by atoms with van der Waals surface area (Å²) in [5.41, 5.74) is 0. The number of esters is 1. The monoisotopic (exact) mass is 740 g/mol. The predicted octanol–water partition coefficient (Wildman–Crippen LogP) is 11.3. The van der Waals surface area contributed by atoms with E-state index in [-0.39, 0.29) is 25.8 Å². The van der Waals surface area contributed by atoms with E-state index in [1.807, 2.05) is 27.2 Å². The highest BCUT2D eigenvalue weighted by atomic mass is 31.2. The fourth-order valence-electron chi connectivity index (χ4n) is 5.18. The summed E-state index contributed by atoms with van der Waals surface area (Å²) in [6.45, 7) is 4.63. The van der Waals surface area contributed by atoms with Crippen LogP contribution in [0.5, 0.6) is 0 Å². The van der Waals surface area contributed by atoms with Crippen molar-refractivity contribution in [3.8, 4) is 0 Å². The van der Waals surface area contributed by atoms with Crippen molar-refractivity contribution in [2.75, 3.05) is 47.5 Å². The van der Waals surface area contributed by atoms with Crippen molar-refractivity contribution >= 4 is 13.8 Å². The lowest BCUT2D eigenvalue weighted by Crippen LogP contribution is -2.37. The zero-order valence-electron chi connectivity index (χ0n) is 33.5. The van der Waals surface area contributed by atoms with Gasteiger partial charge in [0.25, 0.3) is 7.82 Å². The number of phosphoric acid groups is 1. The lowest BCUT2D eigenvalue weighted by Gasteiger charge is -2.28. The van der Waals surface area contributed by atoms with Gasteiger partial charge in [0.2, 0.25) is 0 Å². The number of likely N-dealkylation sites (N-methyl/N-ethyl adjacent to an activating group) is 1. The van der Waals surface area contributed by atoms with Crippen molar-refractivity contribution in [2.24, 2.45) is 0 Å². The quantitative estimate of drug-likeness (QED) is 0.0156. The van der Waals surface area contributed by atoms with Crippen LogP contribution >= 0.6 is 7.82 Å². The van der Waals surface area contributed by atoms with Gasteiger partial charge in [-0.1, -0.05) is 134 Å². The van der Waals surface area contributed by atoms with Gasteiger partial charge in [-0.2, -0.15) is 0 Å². The molecule has 9 heteroatoms. The van der Waals surface area contributed by atoms with Crippen molar-refractivity contribution in [1.82, 2.24) is 0 Å². The Labute approximate surface area is 314 Å². The third-order valence-corrected chi connectivity index (χ3v) is 9.44. The van der Waals surface area contributed by atoms with Crippen molar-refractivity contribution in [3.05, 3.63) is 48.8 Å². The number of carbonyl (C=O) groups excluding carboxylic acids is 1. The number of nitrogens with zero attached hydrogens (tertiary/aromatic N) is 1. The fourth-order valence-corrected chi connectivity index (χ4v) is 5.91. The Hall–Kier alpha value is -1.70. The van der Waals surface area contributed by atoms with E-state index in [1.54, 1.807) is 6.26 Å². The summed E-state index contributed by atoms with van der Waals surface area (Å²) in [6.07, 6.45) is 42.2. The first-order valence-corrected chi connectivity index (χ1v) is 21.9. The topological polar surface area (TPSA) is 94.1 Å². The lowest BCUT2D eigenvalue weighted by atomic mass is 10.0. The molecule has 0 bridgehead atoms. The molecule has 0 heterocycles. The molecule has 0 radical (unpaired) electrons. The van der Waals surface area contributed by atoms with Crippen LogP contribution in [0, 0.1) is 0 Å². The lowest BCUT2D eigenvalue weighted by molar-refractivity contribution is -0.870. The van der Waals surface area contributed by atoms with Crippen molar-refractivity contribution in [3.63, 3.8) is 0 Å². The summed E-state index contributed by atoms with van der Waals surface area (Å²) in [6, 6.07) is 0. The molecule has 0 saturated carbocycles. The molecular weight excluding hydrogens is 661 g/mol. The zero-order valence-corrected chi connectivity index (χ0v) is 34.4. The molecule has 0 spiro atoms. The van der Waals surface area contributed by atoms with E-state index in [1.165, 1.54) is 96.3 Å². The highest BCUT2D eigenvalue weighted by Crippen LogP contribution is 2.38. The van der Waals surface area contributed by atoms with Gasteiger partial charge in [0.1, 0.15) is 19.8 Å². The van der Waals surface area contributed by atoms with E-state index in [2.05, 4.69) is 50.3 Å². The number of phosphoric ester groups is 1. The number of ether oxygens (including phenoxy) is 2. The fraction of sp³-hybridized carbons (Fsp3) is 0.786. The van der Waals surface area contributed by atoms with Crippen molar-refractivity contribution in [2.45, 2.75) is 168 Å². The molecule has 298 valence electrons. The molecule has 0 aliphatic heterocycles. The molecule has 0 aromatic carbocycles. The Bertz CT molecular complexity index is 957. The maximum absolute atomic E-state index is 12.4. The van der Waals surface area contributed by atoms with Gasteiger partial charge in [-0.3, -0.25) is 9.36 Å². The average Bonchev–Trinajstić information content (AvgIpc) is 3.08. The van der Waals surface area contributed by atoms with Gasteiger partial charge in [-0.25, -0.2) is 0 Å². The van der Waals surface area contributed by atoms with Gasteiger partial charge in [-0.15, -0.1) is 0 Å². The molecule has 2 unspecified atom stereocenters. The minimum atomic E-state index is -4.52. The Morgan fingerprint density at radius 2 is 1.10 bits per heavy atom. The SMILES string of the molecule is CCCCC/C=C\C/C=C\C/C=C\CCCCC(=O)OCC(COP(=O)([O-])OCC[N+](C)(C)C)O/C=C\CCCCCCCCCCCCCC. The van der Waals surface area contributed by atoms with Crippen LogP contribution in [0.4, 0.5) is 0 Å². The van der Waals surface area contributed by atoms with Crippen molar-refractivity contribution < 1.29 is 37.3 Å². The molecule has 0 saturated heterocycles. The molecule has 8 nitrogen and oxygen atoms in total. The van der Waals surface area contributed by atoms with Crippen LogP contribution in [0.25, 0.3) is 0 Å². The third-order valence-electron chi connectivity index (χ3n) is 8.47. The molecule has 0 aliphatic carbocycles. The van der Waals surface area contributed by atoms with Crippen LogP contribution in [-0.2, 0) is 27.9 Å². The minimum Gasteiger partial charge on any atom is -0.756 e. The highest BCUT2D eigenvalue weighted by molar-refractivity contribution is 7.45. The summed E-state index contributed by atoms with van der Waals surface area (Å²) in [5, 5.41) is 0. The molecular formula is C42H78NO7P. The Morgan fingerprint density at radius 1 is 0.627 bits per heavy atom. The van der Waals surface area contributed by atoms with E-state index in [0.29, 0.717) is 17.4 Å². The van der Waals surface area contributed by atoms with Gasteiger partial charge in [0.15, 0.2) is 6.10 Å². The Balaban J connectivity index is 4.40. The number of hydrogen-bond acceptors (Lipinski definition) is 7. The molecule has 51 heavy (non-hydrogen) atoms. The van der Waals surface area contributed by atoms with Crippen LogP contribution in [0.1, 0.15) is 162 Å². The molecule has 0 aromatic rings. The summed E-state index contributed by atoms with van der Waals surface area (Å²) >= 11 is 0. The van der Waals surface area contributed by atoms with Gasteiger partial charge >= 0.3 is 5.97 Å². The van der Waals surface area contributed by atoms with Crippen LogP contribution in [0.2, 0.25) is 0 Å². The first kappa shape index (κ1) is 49.3. The first-order chi connectivity index (χ1) is 24.6. The summed E-state index contributed by atoms with van der Waals surface area (Å²) in [5.74, 6) is -0.330. The molecule has 0 N–H and O–H groups in total. The average molecular weight is 740 g/mol. The summed E-state index contributed by atoms with van der Waals surface area (Å²) in [7, 11) is 1.34. The van der Waals surface area contributed by atoms with E-state index in [4.69, 9.17) is 18.5 Å². The van der Waals surface area contributed by atoms with E-state index in [9.17, 15) is 14.3 Å². The number of carbonyl (C=O) groups is 1. The molecule has 2 atom stereocenters. The standard InChI is InChI=1S/C42H78NO7P/c1-6-8-10-12-14-16-18-20-22-23-25-27-29-31-33-35-42(44)48-39-41(40-50-51(45,46)49-38-36-43(3,4)5)47-37-34-32-30-28-26-24-21-19-17-15-13-11-9-7-2/h14,16,20,22,25,27,34,37,41H,6-13,15,17-19,21,23-24,26,28-33,35-36,38-40H2,1-5H3/b16-14-,22-20-,27-25-,37-34-. The largest absolute Gasteiger partial charge is 0.756 e. The Morgan fingerprint density at radius 3 is 1.67 bits per heavy atom. The highest BCUT2D eigenvalue weighted by Gasteiger charge is 2.19.